The number of carbonyl (C=O) groups excluding carboxylic acids is 1. The second-order valence-corrected chi connectivity index (χ2v) is 6.25. The van der Waals surface area contributed by atoms with Crippen LogP contribution in [0, 0.1) is 10.1 Å². The molecule has 1 aliphatic rings. The number of hydrogen-bond donors (Lipinski definition) is 1. The lowest BCUT2D eigenvalue weighted by molar-refractivity contribution is -0.385. The highest BCUT2D eigenvalue weighted by Crippen LogP contribution is 2.25. The average Bonchev–Trinajstić information content (AvgIpc) is 2.61. The Hall–Kier alpha value is -2.72. The summed E-state index contributed by atoms with van der Waals surface area (Å²) in [4.78, 5) is 36.8. The Kier molecular flexibility index (Phi) is 7.50. The number of carboxylic acid groups (broad SMARTS) is 1. The highest BCUT2D eigenvalue weighted by Gasteiger charge is 2.25. The van der Waals surface area contributed by atoms with Gasteiger partial charge in [0.1, 0.15) is 0 Å². The molecule has 0 bridgehead atoms. The van der Waals surface area contributed by atoms with Crippen molar-refractivity contribution in [2.75, 3.05) is 46.4 Å². The maximum atomic E-state index is 12.4. The molecule has 2 rings (SSSR count). The summed E-state index contributed by atoms with van der Waals surface area (Å²) in [6, 6.07) is 6.01. The number of amides is 1. The van der Waals surface area contributed by atoms with Crippen molar-refractivity contribution in [1.29, 1.82) is 0 Å². The van der Waals surface area contributed by atoms with Gasteiger partial charge in [-0.2, -0.15) is 0 Å². The second-order valence-electron chi connectivity index (χ2n) is 6.25. The van der Waals surface area contributed by atoms with Crippen molar-refractivity contribution in [3.05, 3.63) is 34.4 Å². The van der Waals surface area contributed by atoms with Crippen molar-refractivity contribution in [2.45, 2.75) is 12.5 Å². The summed E-state index contributed by atoms with van der Waals surface area (Å²) in [7, 11) is 1.68. The van der Waals surface area contributed by atoms with Crippen molar-refractivity contribution >= 4 is 17.6 Å². The van der Waals surface area contributed by atoms with Crippen molar-refractivity contribution in [3.8, 4) is 5.75 Å². The summed E-state index contributed by atoms with van der Waals surface area (Å²) in [5.41, 5.74) is -0.141. The van der Waals surface area contributed by atoms with Crippen molar-refractivity contribution in [2.24, 2.45) is 0 Å². The molecular weight excluding hydrogens is 358 g/mol. The monoisotopic (exact) mass is 381 g/mol. The van der Waals surface area contributed by atoms with E-state index in [1.165, 1.54) is 12.1 Å². The van der Waals surface area contributed by atoms with Gasteiger partial charge in [0.15, 0.2) is 5.75 Å². The molecule has 1 fully saturated rings. The third kappa shape index (κ3) is 6.50. The van der Waals surface area contributed by atoms with Crippen LogP contribution in [-0.2, 0) is 14.3 Å². The van der Waals surface area contributed by atoms with Crippen molar-refractivity contribution in [3.63, 3.8) is 0 Å². The van der Waals surface area contributed by atoms with Crippen LogP contribution in [0.4, 0.5) is 5.69 Å². The molecule has 0 aromatic heterocycles. The van der Waals surface area contributed by atoms with Crippen LogP contribution in [0.3, 0.4) is 0 Å². The number of benzene rings is 1. The quantitative estimate of drug-likeness (QED) is 0.488. The first-order chi connectivity index (χ1) is 12.9. The fraction of sp³-hybridized carbons (Fsp3) is 0.529. The first kappa shape index (κ1) is 20.6. The zero-order valence-electron chi connectivity index (χ0n) is 15.1. The molecule has 1 unspecified atom stereocenters. The summed E-state index contributed by atoms with van der Waals surface area (Å²) in [5, 5.41) is 19.7. The average molecular weight is 381 g/mol. The molecule has 27 heavy (non-hydrogen) atoms. The Morgan fingerprint density at radius 1 is 1.44 bits per heavy atom. The molecule has 1 heterocycles. The van der Waals surface area contributed by atoms with E-state index in [2.05, 4.69) is 0 Å². The van der Waals surface area contributed by atoms with Gasteiger partial charge in [0.05, 0.1) is 37.2 Å². The number of ether oxygens (including phenoxy) is 2. The van der Waals surface area contributed by atoms with E-state index in [0.717, 1.165) is 0 Å². The van der Waals surface area contributed by atoms with Crippen LogP contribution in [0.2, 0.25) is 0 Å². The number of morpholine rings is 1. The number of likely N-dealkylation sites (N-methyl/N-ethyl adjacent to an activating group) is 1. The van der Waals surface area contributed by atoms with Gasteiger partial charge in [0.25, 0.3) is 0 Å². The van der Waals surface area contributed by atoms with E-state index >= 15 is 0 Å². The van der Waals surface area contributed by atoms with Gasteiger partial charge in [0, 0.05) is 25.7 Å². The minimum Gasteiger partial charge on any atom is -0.486 e. The van der Waals surface area contributed by atoms with E-state index in [0.29, 0.717) is 26.2 Å². The topological polar surface area (TPSA) is 122 Å². The first-order valence-electron chi connectivity index (χ1n) is 8.52. The smallest absolute Gasteiger partial charge is 0.317 e. The van der Waals surface area contributed by atoms with Gasteiger partial charge in [-0.05, 0) is 13.1 Å². The van der Waals surface area contributed by atoms with E-state index in [1.54, 1.807) is 29.0 Å². The summed E-state index contributed by atoms with van der Waals surface area (Å²) < 4.78 is 11.0. The van der Waals surface area contributed by atoms with Crippen LogP contribution in [-0.4, -0.2) is 84.3 Å². The number of hydrogen-bond acceptors (Lipinski definition) is 7. The van der Waals surface area contributed by atoms with Gasteiger partial charge in [-0.25, -0.2) is 0 Å². The number of carboxylic acids is 1. The van der Waals surface area contributed by atoms with Crippen LogP contribution in [0.1, 0.15) is 6.42 Å². The Bertz CT molecular complexity index is 682. The number of nitro groups is 1. The lowest BCUT2D eigenvalue weighted by Crippen LogP contribution is -2.49. The summed E-state index contributed by atoms with van der Waals surface area (Å²) in [6.45, 7) is 1.53. The molecule has 0 spiro atoms. The van der Waals surface area contributed by atoms with Gasteiger partial charge in [-0.3, -0.25) is 24.6 Å². The minimum atomic E-state index is -0.923. The number of nitro benzene ring substituents is 1. The van der Waals surface area contributed by atoms with Gasteiger partial charge < -0.3 is 19.5 Å². The molecule has 1 atom stereocenters. The molecule has 1 aromatic carbocycles. The van der Waals surface area contributed by atoms with Gasteiger partial charge in [-0.15, -0.1) is 0 Å². The zero-order valence-corrected chi connectivity index (χ0v) is 15.1. The summed E-state index contributed by atoms with van der Waals surface area (Å²) in [5.74, 6) is -0.929. The third-order valence-electron chi connectivity index (χ3n) is 4.05. The molecule has 1 amide bonds. The fourth-order valence-corrected chi connectivity index (χ4v) is 2.84. The normalized spacial score (nSPS) is 17.0. The lowest BCUT2D eigenvalue weighted by atomic mass is 10.2. The van der Waals surface area contributed by atoms with E-state index in [-0.39, 0.29) is 43.0 Å². The fourth-order valence-electron chi connectivity index (χ4n) is 2.84. The number of rotatable bonds is 9. The molecule has 0 saturated carbocycles. The molecule has 1 saturated heterocycles. The molecular formula is C17H23N3O7. The Morgan fingerprint density at radius 3 is 2.89 bits per heavy atom. The van der Waals surface area contributed by atoms with Gasteiger partial charge >= 0.3 is 11.7 Å². The molecule has 1 aromatic rings. The SMILES string of the molecule is CN(CC(=O)O)CC1CN(C(=O)CCOc2ccccc2[N+](=O)[O-])CCO1. The van der Waals surface area contributed by atoms with Crippen molar-refractivity contribution in [1.82, 2.24) is 9.80 Å². The standard InChI is InChI=1S/C17H23N3O7/c1-18(12-17(22)23)10-13-11-19(7-9-26-13)16(21)6-8-27-15-5-3-2-4-14(15)20(24)25/h2-5,13H,6-12H2,1H3,(H,22,23). The molecule has 1 N–H and O–H groups in total. The van der Waals surface area contributed by atoms with Crippen LogP contribution in [0.5, 0.6) is 5.75 Å². The largest absolute Gasteiger partial charge is 0.486 e. The third-order valence-corrected chi connectivity index (χ3v) is 4.05. The van der Waals surface area contributed by atoms with Crippen molar-refractivity contribution < 1.29 is 29.1 Å². The van der Waals surface area contributed by atoms with Crippen LogP contribution in [0.15, 0.2) is 24.3 Å². The maximum Gasteiger partial charge on any atom is 0.317 e. The molecule has 148 valence electrons. The van der Waals surface area contributed by atoms with Crippen LogP contribution < -0.4 is 4.74 Å². The Morgan fingerprint density at radius 2 is 2.19 bits per heavy atom. The zero-order chi connectivity index (χ0) is 19.8. The minimum absolute atomic E-state index is 0.0324. The highest BCUT2D eigenvalue weighted by atomic mass is 16.6. The first-order valence-corrected chi connectivity index (χ1v) is 8.52. The molecule has 10 nitrogen and oxygen atoms in total. The second kappa shape index (κ2) is 9.83. The molecule has 10 heteroatoms. The lowest BCUT2D eigenvalue weighted by Gasteiger charge is -2.34. The maximum absolute atomic E-state index is 12.4. The van der Waals surface area contributed by atoms with E-state index < -0.39 is 10.9 Å². The van der Waals surface area contributed by atoms with Gasteiger partial charge in [-0.1, -0.05) is 12.1 Å². The van der Waals surface area contributed by atoms with E-state index in [1.807, 2.05) is 0 Å². The Labute approximate surface area is 156 Å². The summed E-state index contributed by atoms with van der Waals surface area (Å²) in [6.07, 6.45) is -0.174. The van der Waals surface area contributed by atoms with E-state index in [9.17, 15) is 19.7 Å². The Balaban J connectivity index is 1.80. The van der Waals surface area contributed by atoms with Crippen LogP contribution >= 0.6 is 0 Å². The van der Waals surface area contributed by atoms with E-state index in [4.69, 9.17) is 14.6 Å². The molecule has 0 aliphatic carbocycles. The summed E-state index contributed by atoms with van der Waals surface area (Å²) >= 11 is 0. The number of aliphatic carboxylic acids is 1. The predicted molar refractivity (Wildman–Crippen MR) is 94.7 cm³/mol. The molecule has 1 aliphatic heterocycles. The number of nitrogens with zero attached hydrogens (tertiary/aromatic N) is 3. The van der Waals surface area contributed by atoms with Gasteiger partial charge in [0.2, 0.25) is 5.91 Å². The number of carbonyl (C=O) groups is 2. The number of para-hydroxylation sites is 2. The predicted octanol–water partition coefficient (Wildman–Crippen LogP) is 0.608. The van der Waals surface area contributed by atoms with Crippen LogP contribution in [0.25, 0.3) is 0 Å². The molecule has 0 radical (unpaired) electrons. The highest BCUT2D eigenvalue weighted by molar-refractivity contribution is 5.76.